The molecule has 3 rings (SSSR count). The van der Waals surface area contributed by atoms with Crippen LogP contribution in [-0.4, -0.2) is 81.1 Å². The van der Waals surface area contributed by atoms with Gasteiger partial charge in [-0.1, -0.05) is 12.1 Å². The van der Waals surface area contributed by atoms with Crippen LogP contribution in [-0.2, 0) is 32.0 Å². The first-order chi connectivity index (χ1) is 18.8. The van der Waals surface area contributed by atoms with Crippen LogP contribution in [0.25, 0.3) is 0 Å². The lowest BCUT2D eigenvalue weighted by Crippen LogP contribution is -2.57. The topological polar surface area (TPSA) is 212 Å². The SMILES string of the molecule is NCCCCC(NC(=O)C1CCCN1)C(=O)NC(Cc1ccc(O)cc1)C(=O)NC(Cc1cnc[nH]1)C(=O)O. The van der Waals surface area contributed by atoms with Crippen molar-refractivity contribution in [2.24, 2.45) is 5.73 Å². The number of imidazole rings is 1. The van der Waals surface area contributed by atoms with Gasteiger partial charge in [0.25, 0.3) is 0 Å². The summed E-state index contributed by atoms with van der Waals surface area (Å²) in [6.45, 7) is 1.16. The van der Waals surface area contributed by atoms with Gasteiger partial charge in [-0.2, -0.15) is 0 Å². The van der Waals surface area contributed by atoms with Crippen molar-refractivity contribution in [1.29, 1.82) is 0 Å². The van der Waals surface area contributed by atoms with Crippen LogP contribution >= 0.6 is 0 Å². The number of amides is 3. The first kappa shape index (κ1) is 29.6. The number of phenols is 1. The summed E-state index contributed by atoms with van der Waals surface area (Å²) in [5.74, 6) is -2.75. The van der Waals surface area contributed by atoms with Crippen LogP contribution in [0.3, 0.4) is 0 Å². The normalized spacial score (nSPS) is 17.1. The number of H-pyrrole nitrogens is 1. The Labute approximate surface area is 226 Å². The molecule has 1 fully saturated rings. The first-order valence-corrected chi connectivity index (χ1v) is 13.1. The predicted octanol–water partition coefficient (Wildman–Crippen LogP) is -0.679. The molecule has 212 valence electrons. The number of carboxylic acids is 1. The molecule has 4 atom stereocenters. The van der Waals surface area contributed by atoms with Crippen molar-refractivity contribution in [3.05, 3.63) is 48.0 Å². The second kappa shape index (κ2) is 14.8. The van der Waals surface area contributed by atoms with Gasteiger partial charge >= 0.3 is 5.97 Å². The minimum absolute atomic E-state index is 0.0297. The van der Waals surface area contributed by atoms with E-state index in [4.69, 9.17) is 5.73 Å². The van der Waals surface area contributed by atoms with Gasteiger partial charge in [-0.05, 0) is 62.9 Å². The molecule has 4 unspecified atom stereocenters. The van der Waals surface area contributed by atoms with Crippen molar-refractivity contribution in [2.75, 3.05) is 13.1 Å². The third-order valence-electron chi connectivity index (χ3n) is 6.56. The van der Waals surface area contributed by atoms with Gasteiger partial charge in [0.1, 0.15) is 23.9 Å². The van der Waals surface area contributed by atoms with Gasteiger partial charge in [-0.3, -0.25) is 14.4 Å². The maximum absolute atomic E-state index is 13.4. The predicted molar refractivity (Wildman–Crippen MR) is 141 cm³/mol. The summed E-state index contributed by atoms with van der Waals surface area (Å²) < 4.78 is 0. The second-order valence-electron chi connectivity index (χ2n) is 9.61. The second-order valence-corrected chi connectivity index (χ2v) is 9.61. The molecule has 1 saturated heterocycles. The number of hydrogen-bond donors (Lipinski definition) is 8. The third kappa shape index (κ3) is 9.37. The highest BCUT2D eigenvalue weighted by Gasteiger charge is 2.31. The van der Waals surface area contributed by atoms with Crippen LogP contribution in [0, 0.1) is 0 Å². The maximum Gasteiger partial charge on any atom is 0.326 e. The number of aromatic nitrogens is 2. The number of carbonyl (C=O) groups is 4. The van der Waals surface area contributed by atoms with E-state index in [1.54, 1.807) is 12.1 Å². The largest absolute Gasteiger partial charge is 0.508 e. The van der Waals surface area contributed by atoms with Crippen LogP contribution in [0.5, 0.6) is 5.75 Å². The summed E-state index contributed by atoms with van der Waals surface area (Å²) in [4.78, 5) is 58.0. The lowest BCUT2D eigenvalue weighted by Gasteiger charge is -2.25. The smallest absolute Gasteiger partial charge is 0.326 e. The highest BCUT2D eigenvalue weighted by atomic mass is 16.4. The highest BCUT2D eigenvalue weighted by molar-refractivity contribution is 5.94. The van der Waals surface area contributed by atoms with Gasteiger partial charge in [-0.15, -0.1) is 0 Å². The lowest BCUT2D eigenvalue weighted by atomic mass is 10.0. The Hall–Kier alpha value is -3.97. The van der Waals surface area contributed by atoms with Crippen molar-refractivity contribution in [3.8, 4) is 5.75 Å². The lowest BCUT2D eigenvalue weighted by molar-refractivity contribution is -0.142. The van der Waals surface area contributed by atoms with Crippen molar-refractivity contribution in [1.82, 2.24) is 31.2 Å². The summed E-state index contributed by atoms with van der Waals surface area (Å²) in [7, 11) is 0. The number of carbonyl (C=O) groups excluding carboxylic acids is 3. The molecule has 1 aromatic heterocycles. The van der Waals surface area contributed by atoms with Gasteiger partial charge < -0.3 is 42.2 Å². The Morgan fingerprint density at radius 3 is 2.33 bits per heavy atom. The molecule has 1 aliphatic heterocycles. The molecular formula is C26H37N7O6. The molecule has 3 amide bonds. The third-order valence-corrected chi connectivity index (χ3v) is 6.56. The van der Waals surface area contributed by atoms with Crippen LogP contribution in [0.4, 0.5) is 0 Å². The van der Waals surface area contributed by atoms with E-state index in [1.807, 2.05) is 0 Å². The van der Waals surface area contributed by atoms with E-state index in [0.29, 0.717) is 43.5 Å². The van der Waals surface area contributed by atoms with Crippen LogP contribution < -0.4 is 27.0 Å². The van der Waals surface area contributed by atoms with Crippen LogP contribution in [0.15, 0.2) is 36.8 Å². The Morgan fingerprint density at radius 2 is 1.72 bits per heavy atom. The fourth-order valence-electron chi connectivity index (χ4n) is 4.38. The van der Waals surface area contributed by atoms with Gasteiger partial charge in [0.15, 0.2) is 0 Å². The summed E-state index contributed by atoms with van der Waals surface area (Å²) in [6.07, 6.45) is 5.97. The standard InChI is InChI=1S/C26H37N7O6/c27-10-2-1-4-20(31-23(35)19-5-3-11-29-19)24(36)32-21(12-16-6-8-18(34)9-7-16)25(37)33-22(26(38)39)13-17-14-28-15-30-17/h6-9,14-15,19-22,29,34H,1-5,10-13,27H2,(H,28,30)(H,31,35)(H,32,36)(H,33,37)(H,38,39). The Balaban J connectivity index is 1.76. The van der Waals surface area contributed by atoms with Gasteiger partial charge in [0.05, 0.1) is 12.4 Å². The Kier molecular flexibility index (Phi) is 11.3. The Bertz CT molecular complexity index is 1090. The van der Waals surface area contributed by atoms with Crippen LogP contribution in [0.2, 0.25) is 0 Å². The molecule has 39 heavy (non-hydrogen) atoms. The van der Waals surface area contributed by atoms with E-state index < -0.39 is 35.9 Å². The number of nitrogens with zero attached hydrogens (tertiary/aromatic N) is 1. The van der Waals surface area contributed by atoms with E-state index in [0.717, 1.165) is 13.0 Å². The number of benzene rings is 1. The van der Waals surface area contributed by atoms with Gasteiger partial charge in [0.2, 0.25) is 17.7 Å². The fourth-order valence-corrected chi connectivity index (χ4v) is 4.38. The van der Waals surface area contributed by atoms with Crippen molar-refractivity contribution in [2.45, 2.75) is 69.1 Å². The maximum atomic E-state index is 13.4. The van der Waals surface area contributed by atoms with Crippen molar-refractivity contribution >= 4 is 23.7 Å². The number of rotatable bonds is 15. The summed E-state index contributed by atoms with van der Waals surface area (Å²) >= 11 is 0. The molecule has 2 aromatic rings. The number of phenolic OH excluding ortho intramolecular Hbond substituents is 1. The monoisotopic (exact) mass is 543 g/mol. The number of aromatic hydroxyl groups is 1. The molecule has 2 heterocycles. The molecule has 1 aliphatic rings. The van der Waals surface area contributed by atoms with Crippen molar-refractivity contribution < 1.29 is 29.4 Å². The number of aliphatic carboxylic acids is 1. The van der Waals surface area contributed by atoms with Crippen LogP contribution in [0.1, 0.15) is 43.4 Å². The Morgan fingerprint density at radius 1 is 1.00 bits per heavy atom. The summed E-state index contributed by atoms with van der Waals surface area (Å²) in [5.41, 5.74) is 6.76. The zero-order valence-electron chi connectivity index (χ0n) is 21.7. The number of nitrogens with two attached hydrogens (primary N) is 1. The molecule has 0 spiro atoms. The van der Waals surface area contributed by atoms with E-state index in [-0.39, 0.29) is 30.5 Å². The summed E-state index contributed by atoms with van der Waals surface area (Å²) in [5, 5.41) is 30.4. The average molecular weight is 544 g/mol. The minimum Gasteiger partial charge on any atom is -0.508 e. The molecule has 0 bridgehead atoms. The molecule has 9 N–H and O–H groups in total. The van der Waals surface area contributed by atoms with E-state index in [9.17, 15) is 29.4 Å². The van der Waals surface area contributed by atoms with Gasteiger partial charge in [0, 0.05) is 24.7 Å². The number of aromatic amines is 1. The molecule has 0 saturated carbocycles. The zero-order chi connectivity index (χ0) is 28.2. The van der Waals surface area contributed by atoms with E-state index in [1.165, 1.54) is 24.7 Å². The molecule has 13 nitrogen and oxygen atoms in total. The molecule has 1 aromatic carbocycles. The summed E-state index contributed by atoms with van der Waals surface area (Å²) in [6, 6.07) is 2.41. The molecular weight excluding hydrogens is 506 g/mol. The first-order valence-electron chi connectivity index (χ1n) is 13.1. The quantitative estimate of drug-likeness (QED) is 0.134. The number of nitrogens with one attached hydrogen (secondary N) is 5. The molecule has 13 heteroatoms. The molecule has 0 aliphatic carbocycles. The highest BCUT2D eigenvalue weighted by Crippen LogP contribution is 2.13. The van der Waals surface area contributed by atoms with Gasteiger partial charge in [-0.25, -0.2) is 9.78 Å². The zero-order valence-corrected chi connectivity index (χ0v) is 21.7. The minimum atomic E-state index is -1.27. The number of unbranched alkanes of at least 4 members (excludes halogenated alkanes) is 1. The molecule has 0 radical (unpaired) electrons. The van der Waals surface area contributed by atoms with E-state index in [2.05, 4.69) is 31.2 Å². The fraction of sp³-hybridized carbons (Fsp3) is 0.500. The average Bonchev–Trinajstić information content (AvgIpc) is 3.63. The van der Waals surface area contributed by atoms with E-state index >= 15 is 0 Å². The van der Waals surface area contributed by atoms with Crippen molar-refractivity contribution in [3.63, 3.8) is 0 Å². The number of carboxylic acid groups (broad SMARTS) is 1. The number of hydrogen-bond acceptors (Lipinski definition) is 8.